The normalized spacial score (nSPS) is 16.9. The fourth-order valence-electron chi connectivity index (χ4n) is 5.24. The van der Waals surface area contributed by atoms with Gasteiger partial charge < -0.3 is 14.9 Å². The van der Waals surface area contributed by atoms with Gasteiger partial charge in [0.2, 0.25) is 0 Å². The van der Waals surface area contributed by atoms with Crippen LogP contribution >= 0.6 is 15.8 Å². The minimum atomic E-state index is -0.436. The van der Waals surface area contributed by atoms with Crippen molar-refractivity contribution in [2.45, 2.75) is 31.3 Å². The smallest absolute Gasteiger partial charge is 0.358 e. The van der Waals surface area contributed by atoms with E-state index in [2.05, 4.69) is 146 Å². The van der Waals surface area contributed by atoms with E-state index in [0.29, 0.717) is 11.6 Å². The average molecular weight is 605 g/mol. The van der Waals surface area contributed by atoms with Crippen molar-refractivity contribution in [1.82, 2.24) is 0 Å². The molecule has 6 rings (SSSR count). The number of allylic oxidation sites excluding steroid dienone is 4. The Hall–Kier alpha value is -2.26. The fourth-order valence-corrected chi connectivity index (χ4v) is 11.0. The zero-order valence-electron chi connectivity index (χ0n) is 23.8. The van der Waals surface area contributed by atoms with Gasteiger partial charge in [-0.15, -0.1) is 0 Å². The van der Waals surface area contributed by atoms with E-state index in [9.17, 15) is 0 Å². The average Bonchev–Trinajstić information content (AvgIpc) is 3.70. The largest absolute Gasteiger partial charge is 2.00 e. The van der Waals surface area contributed by atoms with Crippen LogP contribution in [0.25, 0.3) is 0 Å². The van der Waals surface area contributed by atoms with Crippen LogP contribution in [-0.2, 0) is 17.1 Å². The van der Waals surface area contributed by atoms with Crippen molar-refractivity contribution in [1.29, 1.82) is 0 Å². The predicted molar refractivity (Wildman–Crippen MR) is 180 cm³/mol. The monoisotopic (exact) mass is 604 g/mol. The third-order valence-corrected chi connectivity index (χ3v) is 12.7. The zero-order chi connectivity index (χ0) is 25.1. The molecule has 0 bridgehead atoms. The molecule has 1 unspecified atom stereocenters. The van der Waals surface area contributed by atoms with Gasteiger partial charge in [-0.05, 0) is 74.8 Å². The van der Waals surface area contributed by atoms with Gasteiger partial charge in [0.1, 0.15) is 0 Å². The maximum absolute atomic E-state index is 2.53. The van der Waals surface area contributed by atoms with Gasteiger partial charge in [0.05, 0.1) is 0 Å². The van der Waals surface area contributed by atoms with Crippen LogP contribution in [0, 0.1) is 20.8 Å². The van der Waals surface area contributed by atoms with Gasteiger partial charge >= 0.3 is 17.1 Å². The summed E-state index contributed by atoms with van der Waals surface area (Å²) in [5.41, 5.74) is 0.576. The first-order valence-electron chi connectivity index (χ1n) is 13.5. The Bertz CT molecular complexity index is 1170. The second-order valence-electron chi connectivity index (χ2n) is 9.64. The molecule has 0 nitrogen and oxygen atoms in total. The van der Waals surface area contributed by atoms with Crippen LogP contribution in [0.4, 0.5) is 0 Å². The van der Waals surface area contributed by atoms with E-state index in [0.717, 1.165) is 0 Å². The van der Waals surface area contributed by atoms with Crippen LogP contribution < -0.4 is 21.2 Å². The van der Waals surface area contributed by atoms with Gasteiger partial charge in [0.15, 0.2) is 0 Å². The predicted octanol–water partition coefficient (Wildman–Crippen LogP) is 8.82. The minimum absolute atomic E-state index is 0. The van der Waals surface area contributed by atoms with E-state index < -0.39 is 7.92 Å². The van der Waals surface area contributed by atoms with Crippen molar-refractivity contribution < 1.29 is 17.1 Å². The molecule has 0 aliphatic heterocycles. The van der Waals surface area contributed by atoms with Gasteiger partial charge in [0.25, 0.3) is 0 Å². The van der Waals surface area contributed by atoms with Crippen molar-refractivity contribution in [3.8, 4) is 0 Å². The maximum Gasteiger partial charge on any atom is 2.00 e. The van der Waals surface area contributed by atoms with Crippen LogP contribution in [0.2, 0.25) is 0 Å². The van der Waals surface area contributed by atoms with Crippen molar-refractivity contribution in [2.75, 3.05) is 6.16 Å². The molecule has 0 saturated carbocycles. The van der Waals surface area contributed by atoms with Gasteiger partial charge in [0, 0.05) is 5.66 Å². The summed E-state index contributed by atoms with van der Waals surface area (Å²) >= 11 is 0. The van der Waals surface area contributed by atoms with Gasteiger partial charge in [-0.25, -0.2) is 0 Å². The summed E-state index contributed by atoms with van der Waals surface area (Å²) in [5, 5.41) is 5.95. The second kappa shape index (κ2) is 18.2. The summed E-state index contributed by atoms with van der Waals surface area (Å²) in [4.78, 5) is 0. The van der Waals surface area contributed by atoms with Gasteiger partial charge in [-0.2, -0.15) is 0 Å². The molecule has 0 amide bonds. The van der Waals surface area contributed by atoms with Crippen molar-refractivity contribution in [3.05, 3.63) is 160 Å². The molecule has 0 heterocycles. The molecule has 2 aliphatic carbocycles. The van der Waals surface area contributed by atoms with E-state index in [-0.39, 0.29) is 39.8 Å². The molecular formula is C37H42FeP2. The van der Waals surface area contributed by atoms with Gasteiger partial charge in [-0.1, -0.05) is 146 Å². The molecular weight excluding hydrogens is 562 g/mol. The molecule has 40 heavy (non-hydrogen) atoms. The van der Waals surface area contributed by atoms with Crippen LogP contribution in [0.15, 0.2) is 146 Å². The van der Waals surface area contributed by atoms with E-state index >= 15 is 0 Å². The quantitative estimate of drug-likeness (QED) is 0.0856. The zero-order valence-corrected chi connectivity index (χ0v) is 26.7. The molecule has 0 spiro atoms. The van der Waals surface area contributed by atoms with Crippen molar-refractivity contribution in [2.24, 2.45) is 5.92 Å². The van der Waals surface area contributed by atoms with Crippen LogP contribution in [0.5, 0.6) is 0 Å². The Labute approximate surface area is 257 Å². The second-order valence-corrected chi connectivity index (χ2v) is 14.3. The Morgan fingerprint density at radius 2 is 0.925 bits per heavy atom. The van der Waals surface area contributed by atoms with Gasteiger partial charge in [-0.3, -0.25) is 0 Å². The minimum Gasteiger partial charge on any atom is -0.358 e. The number of benzene rings is 4. The SMILES string of the molecule is C1=CCCC1.C1=C[C@H](P(c2ccccc2)c2ccccc2)C(CP(c2ccccc2)c2ccccc2)C1.[CH3-].[CH3-].[Fe+2]. The molecule has 0 aromatic heterocycles. The Balaban J connectivity index is 0.000000635. The number of rotatable bonds is 7. The first-order valence-corrected chi connectivity index (χ1v) is 16.4. The van der Waals surface area contributed by atoms with Crippen molar-refractivity contribution in [3.63, 3.8) is 0 Å². The summed E-state index contributed by atoms with van der Waals surface area (Å²) in [6.45, 7) is 0. The van der Waals surface area contributed by atoms with E-state index in [1.165, 1.54) is 53.1 Å². The molecule has 2 aliphatic rings. The topological polar surface area (TPSA) is 0 Å². The van der Waals surface area contributed by atoms with Crippen LogP contribution in [0.1, 0.15) is 25.7 Å². The third-order valence-electron chi connectivity index (χ3n) is 7.08. The molecule has 0 fully saturated rings. The molecule has 0 radical (unpaired) electrons. The van der Waals surface area contributed by atoms with E-state index in [4.69, 9.17) is 0 Å². The van der Waals surface area contributed by atoms with Crippen molar-refractivity contribution >= 4 is 37.1 Å². The summed E-state index contributed by atoms with van der Waals surface area (Å²) in [6.07, 6.45) is 15.9. The Morgan fingerprint density at radius 3 is 1.30 bits per heavy atom. The Morgan fingerprint density at radius 1 is 0.525 bits per heavy atom. The molecule has 4 aromatic rings. The molecule has 2 atom stereocenters. The Kier molecular flexibility index (Phi) is 15.5. The molecule has 208 valence electrons. The molecule has 4 aromatic carbocycles. The fraction of sp³-hybridized carbons (Fsp3) is 0.189. The summed E-state index contributed by atoms with van der Waals surface area (Å²) in [5.74, 6) is 0.660. The summed E-state index contributed by atoms with van der Waals surface area (Å²) < 4.78 is 0. The van der Waals surface area contributed by atoms with E-state index in [1.807, 2.05) is 0 Å². The first kappa shape index (κ1) is 33.9. The maximum atomic E-state index is 2.53. The molecule has 0 N–H and O–H groups in total. The number of hydrogen-bond acceptors (Lipinski definition) is 0. The van der Waals surface area contributed by atoms with Crippen LogP contribution in [-0.4, -0.2) is 11.8 Å². The summed E-state index contributed by atoms with van der Waals surface area (Å²) in [7, 11) is -0.817. The molecule has 0 saturated heterocycles. The number of hydrogen-bond donors (Lipinski definition) is 0. The van der Waals surface area contributed by atoms with E-state index in [1.54, 1.807) is 0 Å². The third kappa shape index (κ3) is 9.13. The van der Waals surface area contributed by atoms with Crippen LogP contribution in [0.3, 0.4) is 0 Å². The first-order chi connectivity index (χ1) is 18.4. The molecule has 3 heteroatoms. The summed E-state index contributed by atoms with van der Waals surface area (Å²) in [6, 6.07) is 44.7. The standard InChI is InChI=1S/C30H28P2.C5H8.2CH3.Fe/c1-5-15-26(16-6-1)31(27-17-7-2-8-18-27)24-25-14-13-23-30(25)32(28-19-9-3-10-20-28)29-21-11-4-12-22-29;1-2-4-5-3-1;;;/h1-13,15-23,25,30H,14,24H2;1-2H,3-5H2;2*1H3;/q;;2*-1;+2/t25?,30-;;;;/m0..../s1.